The highest BCUT2D eigenvalue weighted by atomic mass is 19.4. The van der Waals surface area contributed by atoms with Crippen molar-refractivity contribution in [3.63, 3.8) is 0 Å². The minimum absolute atomic E-state index is 0.0450. The van der Waals surface area contributed by atoms with Crippen molar-refractivity contribution in [3.8, 4) is 0 Å². The molecule has 94 valence electrons. The van der Waals surface area contributed by atoms with Crippen molar-refractivity contribution in [1.82, 2.24) is 4.98 Å². The van der Waals surface area contributed by atoms with Gasteiger partial charge in [-0.15, -0.1) is 0 Å². The maximum atomic E-state index is 12.2. The summed E-state index contributed by atoms with van der Waals surface area (Å²) in [4.78, 5) is 14.2. The Morgan fingerprint density at radius 2 is 2.18 bits per heavy atom. The van der Waals surface area contributed by atoms with Gasteiger partial charge in [0.2, 0.25) is 0 Å². The van der Waals surface area contributed by atoms with Crippen molar-refractivity contribution < 1.29 is 27.8 Å². The van der Waals surface area contributed by atoms with Crippen LogP contribution in [0.25, 0.3) is 0 Å². The lowest BCUT2D eigenvalue weighted by molar-refractivity contribution is -0.153. The minimum Gasteiger partial charge on any atom is -0.464 e. The van der Waals surface area contributed by atoms with E-state index >= 15 is 0 Å². The van der Waals surface area contributed by atoms with E-state index in [4.69, 9.17) is 0 Å². The lowest BCUT2D eigenvalue weighted by atomic mass is 10.1. The molecule has 0 fully saturated rings. The number of alkyl halides is 3. The standard InChI is InChI=1S/C10H10F3NO3/c1-2-17-9(16)8(15)6-3-4-7(14-5-6)10(11,12)13/h3-5,8,15H,2H2,1H3. The monoisotopic (exact) mass is 249 g/mol. The van der Waals surface area contributed by atoms with Crippen molar-refractivity contribution in [2.75, 3.05) is 6.61 Å². The van der Waals surface area contributed by atoms with Crippen LogP contribution in [0.5, 0.6) is 0 Å². The molecule has 0 saturated carbocycles. The Bertz CT molecular complexity index is 389. The van der Waals surface area contributed by atoms with Gasteiger partial charge in [0.25, 0.3) is 0 Å². The third kappa shape index (κ3) is 3.42. The van der Waals surface area contributed by atoms with Gasteiger partial charge in [0.15, 0.2) is 6.10 Å². The van der Waals surface area contributed by atoms with Crippen LogP contribution in [0.2, 0.25) is 0 Å². The van der Waals surface area contributed by atoms with Gasteiger partial charge in [0.1, 0.15) is 5.69 Å². The van der Waals surface area contributed by atoms with Gasteiger partial charge in [-0.3, -0.25) is 4.98 Å². The van der Waals surface area contributed by atoms with Gasteiger partial charge < -0.3 is 9.84 Å². The largest absolute Gasteiger partial charge is 0.464 e. The molecule has 0 aliphatic carbocycles. The highest BCUT2D eigenvalue weighted by Gasteiger charge is 2.32. The summed E-state index contributed by atoms with van der Waals surface area (Å²) in [7, 11) is 0. The topological polar surface area (TPSA) is 59.4 Å². The number of hydrogen-bond acceptors (Lipinski definition) is 4. The first-order chi connectivity index (χ1) is 7.86. The lowest BCUT2D eigenvalue weighted by Crippen LogP contribution is -2.16. The van der Waals surface area contributed by atoms with Gasteiger partial charge in [-0.05, 0) is 13.0 Å². The lowest BCUT2D eigenvalue weighted by Gasteiger charge is -2.10. The first-order valence-electron chi connectivity index (χ1n) is 4.74. The fraction of sp³-hybridized carbons (Fsp3) is 0.400. The number of pyridine rings is 1. The Morgan fingerprint density at radius 3 is 2.59 bits per heavy atom. The number of aromatic nitrogens is 1. The Morgan fingerprint density at radius 1 is 1.53 bits per heavy atom. The van der Waals surface area contributed by atoms with Crippen LogP contribution in [0.4, 0.5) is 13.2 Å². The quantitative estimate of drug-likeness (QED) is 0.828. The second-order valence-electron chi connectivity index (χ2n) is 3.13. The third-order valence-corrected chi connectivity index (χ3v) is 1.90. The van der Waals surface area contributed by atoms with Crippen molar-refractivity contribution in [3.05, 3.63) is 29.6 Å². The maximum Gasteiger partial charge on any atom is 0.433 e. The predicted octanol–water partition coefficient (Wildman–Crippen LogP) is 1.70. The van der Waals surface area contributed by atoms with E-state index in [1.165, 1.54) is 0 Å². The molecule has 1 atom stereocenters. The second kappa shape index (κ2) is 5.13. The number of esters is 1. The van der Waals surface area contributed by atoms with Crippen LogP contribution in [0.3, 0.4) is 0 Å². The zero-order valence-electron chi connectivity index (χ0n) is 8.86. The van der Waals surface area contributed by atoms with Gasteiger partial charge in [-0.2, -0.15) is 13.2 Å². The van der Waals surface area contributed by atoms with E-state index in [1.54, 1.807) is 6.92 Å². The third-order valence-electron chi connectivity index (χ3n) is 1.90. The number of ether oxygens (including phenoxy) is 1. The fourth-order valence-corrected chi connectivity index (χ4v) is 1.09. The maximum absolute atomic E-state index is 12.2. The summed E-state index contributed by atoms with van der Waals surface area (Å²) in [5.41, 5.74) is -1.13. The Kier molecular flexibility index (Phi) is 4.06. The number of rotatable bonds is 3. The number of aliphatic hydroxyl groups is 1. The molecule has 0 radical (unpaired) electrons. The van der Waals surface area contributed by atoms with Crippen molar-refractivity contribution in [2.45, 2.75) is 19.2 Å². The van der Waals surface area contributed by atoms with Crippen LogP contribution in [-0.4, -0.2) is 22.7 Å². The molecule has 17 heavy (non-hydrogen) atoms. The van der Waals surface area contributed by atoms with E-state index in [0.717, 1.165) is 12.3 Å². The van der Waals surface area contributed by atoms with Crippen molar-refractivity contribution >= 4 is 5.97 Å². The smallest absolute Gasteiger partial charge is 0.433 e. The minimum atomic E-state index is -4.55. The average molecular weight is 249 g/mol. The summed E-state index contributed by atoms with van der Waals surface area (Å²) < 4.78 is 41.1. The first kappa shape index (κ1) is 13.4. The van der Waals surface area contributed by atoms with E-state index < -0.39 is 23.9 Å². The van der Waals surface area contributed by atoms with E-state index in [9.17, 15) is 23.1 Å². The molecule has 0 aliphatic heterocycles. The summed E-state index contributed by atoms with van der Waals surface area (Å²) >= 11 is 0. The SMILES string of the molecule is CCOC(=O)C(O)c1ccc(C(F)(F)F)nc1. The summed E-state index contributed by atoms with van der Waals surface area (Å²) in [5.74, 6) is -0.922. The molecule has 1 aromatic rings. The van der Waals surface area contributed by atoms with Crippen LogP contribution < -0.4 is 0 Å². The van der Waals surface area contributed by atoms with Gasteiger partial charge in [0.05, 0.1) is 6.61 Å². The number of aliphatic hydroxyl groups excluding tert-OH is 1. The van der Waals surface area contributed by atoms with Crippen LogP contribution in [0.15, 0.2) is 18.3 Å². The van der Waals surface area contributed by atoms with E-state index in [-0.39, 0.29) is 12.2 Å². The molecular weight excluding hydrogens is 239 g/mol. The molecule has 4 nitrogen and oxygen atoms in total. The van der Waals surface area contributed by atoms with Gasteiger partial charge in [-0.25, -0.2) is 4.79 Å². The van der Waals surface area contributed by atoms with Gasteiger partial charge >= 0.3 is 12.1 Å². The van der Waals surface area contributed by atoms with Gasteiger partial charge in [-0.1, -0.05) is 6.07 Å². The number of carbonyl (C=O) groups is 1. The zero-order valence-corrected chi connectivity index (χ0v) is 8.86. The summed E-state index contributed by atoms with van der Waals surface area (Å²) in [6.45, 7) is 1.62. The first-order valence-corrected chi connectivity index (χ1v) is 4.74. The zero-order chi connectivity index (χ0) is 13.1. The Balaban J connectivity index is 2.84. The number of halogens is 3. The molecule has 1 aromatic heterocycles. The van der Waals surface area contributed by atoms with E-state index in [2.05, 4.69) is 9.72 Å². The molecule has 1 N–H and O–H groups in total. The normalized spacial score (nSPS) is 13.2. The summed E-state index contributed by atoms with van der Waals surface area (Å²) in [6, 6.07) is 1.68. The van der Waals surface area contributed by atoms with Crippen LogP contribution >= 0.6 is 0 Å². The Hall–Kier alpha value is -1.63. The van der Waals surface area contributed by atoms with Crippen LogP contribution in [0.1, 0.15) is 24.3 Å². The second-order valence-corrected chi connectivity index (χ2v) is 3.13. The number of carbonyl (C=O) groups excluding carboxylic acids is 1. The molecule has 0 saturated heterocycles. The molecule has 1 unspecified atom stereocenters. The van der Waals surface area contributed by atoms with Crippen LogP contribution in [0, 0.1) is 0 Å². The van der Waals surface area contributed by atoms with E-state index in [0.29, 0.717) is 6.07 Å². The summed E-state index contributed by atoms with van der Waals surface area (Å²) in [6.07, 6.45) is -5.37. The van der Waals surface area contributed by atoms with Crippen molar-refractivity contribution in [1.29, 1.82) is 0 Å². The highest BCUT2D eigenvalue weighted by Crippen LogP contribution is 2.28. The molecule has 7 heteroatoms. The molecular formula is C10H10F3NO3. The number of nitrogens with zero attached hydrogens (tertiary/aromatic N) is 1. The molecule has 0 aliphatic rings. The van der Waals surface area contributed by atoms with Gasteiger partial charge in [0, 0.05) is 11.8 Å². The predicted molar refractivity (Wildman–Crippen MR) is 50.8 cm³/mol. The van der Waals surface area contributed by atoms with Crippen LogP contribution in [-0.2, 0) is 15.7 Å². The summed E-state index contributed by atoms with van der Waals surface area (Å²) in [5, 5.41) is 9.42. The molecule has 0 bridgehead atoms. The fourth-order valence-electron chi connectivity index (χ4n) is 1.09. The number of hydrogen-bond donors (Lipinski definition) is 1. The van der Waals surface area contributed by atoms with E-state index in [1.807, 2.05) is 0 Å². The molecule has 0 spiro atoms. The molecule has 1 rings (SSSR count). The average Bonchev–Trinajstić information content (AvgIpc) is 2.27. The van der Waals surface area contributed by atoms with Crippen molar-refractivity contribution in [2.24, 2.45) is 0 Å². The molecule has 0 aromatic carbocycles. The molecule has 0 amide bonds. The highest BCUT2D eigenvalue weighted by molar-refractivity contribution is 5.76. The molecule has 1 heterocycles. The Labute approximate surface area is 95.0 Å².